The standard InChI is InChI=1S/C12H10NO/c1-14-12-5-3-2-4-11(12)10-6-8-13-9-7-10/h2-3,5-9H,1H3. The van der Waals surface area contributed by atoms with Crippen LogP contribution >= 0.6 is 0 Å². The van der Waals surface area contributed by atoms with Crippen molar-refractivity contribution in [1.82, 2.24) is 4.98 Å². The summed E-state index contributed by atoms with van der Waals surface area (Å²) in [6.07, 6.45) is 3.52. The maximum absolute atomic E-state index is 5.25. The van der Waals surface area contributed by atoms with Crippen LogP contribution in [0, 0.1) is 6.07 Å². The van der Waals surface area contributed by atoms with Gasteiger partial charge in [-0.1, -0.05) is 12.1 Å². The molecule has 2 nitrogen and oxygen atoms in total. The Bertz CT molecular complexity index is 412. The van der Waals surface area contributed by atoms with Gasteiger partial charge in [0.2, 0.25) is 0 Å². The molecule has 0 amide bonds. The van der Waals surface area contributed by atoms with E-state index in [2.05, 4.69) is 11.1 Å². The van der Waals surface area contributed by atoms with Crippen LogP contribution in [0.3, 0.4) is 0 Å². The first-order valence-electron chi connectivity index (χ1n) is 4.37. The molecule has 2 aromatic rings. The highest BCUT2D eigenvalue weighted by atomic mass is 16.5. The highest BCUT2D eigenvalue weighted by Crippen LogP contribution is 2.27. The van der Waals surface area contributed by atoms with Gasteiger partial charge in [0.25, 0.3) is 0 Å². The Balaban J connectivity index is 2.51. The van der Waals surface area contributed by atoms with Crippen LogP contribution in [0.25, 0.3) is 11.1 Å². The molecule has 0 saturated heterocycles. The quantitative estimate of drug-likeness (QED) is 0.715. The first-order chi connectivity index (χ1) is 6.92. The molecular weight excluding hydrogens is 174 g/mol. The van der Waals surface area contributed by atoms with Gasteiger partial charge >= 0.3 is 0 Å². The Kier molecular flexibility index (Phi) is 2.45. The predicted octanol–water partition coefficient (Wildman–Crippen LogP) is 2.56. The van der Waals surface area contributed by atoms with Crippen molar-refractivity contribution in [2.45, 2.75) is 0 Å². The molecule has 0 atom stereocenters. The van der Waals surface area contributed by atoms with Crippen LogP contribution in [0.2, 0.25) is 0 Å². The number of nitrogens with zero attached hydrogens (tertiary/aromatic N) is 1. The molecule has 2 rings (SSSR count). The Morgan fingerprint density at radius 3 is 2.71 bits per heavy atom. The van der Waals surface area contributed by atoms with E-state index in [0.717, 1.165) is 16.9 Å². The number of rotatable bonds is 2. The molecule has 0 aliphatic rings. The molecule has 0 unspecified atom stereocenters. The summed E-state index contributed by atoms with van der Waals surface area (Å²) in [6.45, 7) is 0. The summed E-state index contributed by atoms with van der Waals surface area (Å²) in [5, 5.41) is 0. The molecule has 0 N–H and O–H groups in total. The van der Waals surface area contributed by atoms with E-state index in [4.69, 9.17) is 4.74 Å². The molecule has 0 fully saturated rings. The van der Waals surface area contributed by atoms with E-state index in [-0.39, 0.29) is 0 Å². The van der Waals surface area contributed by atoms with Gasteiger partial charge in [-0.3, -0.25) is 4.98 Å². The zero-order valence-corrected chi connectivity index (χ0v) is 7.90. The van der Waals surface area contributed by atoms with Crippen LogP contribution in [-0.2, 0) is 0 Å². The second-order valence-corrected chi connectivity index (χ2v) is 2.85. The number of hydrogen-bond acceptors (Lipinski definition) is 2. The number of benzene rings is 1. The van der Waals surface area contributed by atoms with E-state index in [1.165, 1.54) is 0 Å². The van der Waals surface area contributed by atoms with Crippen LogP contribution in [0.4, 0.5) is 0 Å². The molecule has 1 aromatic heterocycles. The average molecular weight is 184 g/mol. The summed E-state index contributed by atoms with van der Waals surface area (Å²) in [6, 6.07) is 12.7. The first-order valence-corrected chi connectivity index (χ1v) is 4.37. The van der Waals surface area contributed by atoms with Gasteiger partial charge in [-0.05, 0) is 29.8 Å². The summed E-state index contributed by atoms with van der Waals surface area (Å²) >= 11 is 0. The number of ether oxygens (including phenoxy) is 1. The smallest absolute Gasteiger partial charge is 0.127 e. The Labute approximate surface area is 83.2 Å². The number of aromatic nitrogens is 1. The van der Waals surface area contributed by atoms with Gasteiger partial charge in [-0.15, -0.1) is 0 Å². The number of hydrogen-bond donors (Lipinski definition) is 0. The van der Waals surface area contributed by atoms with Gasteiger partial charge < -0.3 is 4.74 Å². The molecule has 0 spiro atoms. The summed E-state index contributed by atoms with van der Waals surface area (Å²) in [7, 11) is 1.66. The van der Waals surface area contributed by atoms with E-state index in [1.54, 1.807) is 19.5 Å². The van der Waals surface area contributed by atoms with Crippen LogP contribution in [-0.4, -0.2) is 12.1 Å². The second kappa shape index (κ2) is 3.92. The fourth-order valence-electron chi connectivity index (χ4n) is 1.34. The number of methoxy groups -OCH3 is 1. The van der Waals surface area contributed by atoms with Crippen molar-refractivity contribution in [3.8, 4) is 16.9 Å². The van der Waals surface area contributed by atoms with Crippen molar-refractivity contribution >= 4 is 0 Å². The zero-order chi connectivity index (χ0) is 9.80. The van der Waals surface area contributed by atoms with Crippen molar-refractivity contribution in [2.75, 3.05) is 7.11 Å². The van der Waals surface area contributed by atoms with Crippen molar-refractivity contribution in [1.29, 1.82) is 0 Å². The monoisotopic (exact) mass is 184 g/mol. The van der Waals surface area contributed by atoms with Gasteiger partial charge in [0.15, 0.2) is 0 Å². The normalized spacial score (nSPS) is 9.79. The maximum atomic E-state index is 5.25. The van der Waals surface area contributed by atoms with E-state index < -0.39 is 0 Å². The van der Waals surface area contributed by atoms with Crippen LogP contribution in [0.1, 0.15) is 0 Å². The van der Waals surface area contributed by atoms with Crippen LogP contribution in [0.15, 0.2) is 42.7 Å². The molecule has 14 heavy (non-hydrogen) atoms. The van der Waals surface area contributed by atoms with Crippen molar-refractivity contribution in [3.63, 3.8) is 0 Å². The maximum Gasteiger partial charge on any atom is 0.127 e. The van der Waals surface area contributed by atoms with Gasteiger partial charge in [0.05, 0.1) is 7.11 Å². The minimum absolute atomic E-state index is 0.832. The lowest BCUT2D eigenvalue weighted by molar-refractivity contribution is 0.416. The number of pyridine rings is 1. The summed E-state index contributed by atoms with van der Waals surface area (Å²) in [5.74, 6) is 0.832. The second-order valence-electron chi connectivity index (χ2n) is 2.85. The van der Waals surface area contributed by atoms with E-state index in [9.17, 15) is 0 Å². The summed E-state index contributed by atoms with van der Waals surface area (Å²) < 4.78 is 5.25. The summed E-state index contributed by atoms with van der Waals surface area (Å²) in [5.41, 5.74) is 2.04. The van der Waals surface area contributed by atoms with Gasteiger partial charge in [0.1, 0.15) is 5.75 Å². The fourth-order valence-corrected chi connectivity index (χ4v) is 1.34. The topological polar surface area (TPSA) is 22.1 Å². The molecule has 1 radical (unpaired) electrons. The lowest BCUT2D eigenvalue weighted by atomic mass is 10.1. The molecule has 0 aliphatic heterocycles. The third kappa shape index (κ3) is 1.59. The first kappa shape index (κ1) is 8.75. The third-order valence-corrected chi connectivity index (χ3v) is 2.01. The van der Waals surface area contributed by atoms with Crippen LogP contribution < -0.4 is 4.74 Å². The van der Waals surface area contributed by atoms with E-state index in [1.807, 2.05) is 30.3 Å². The van der Waals surface area contributed by atoms with Gasteiger partial charge in [0, 0.05) is 18.0 Å². The molecule has 1 aromatic carbocycles. The predicted molar refractivity (Wildman–Crippen MR) is 55.1 cm³/mol. The molecule has 1 heterocycles. The van der Waals surface area contributed by atoms with Crippen LogP contribution in [0.5, 0.6) is 5.75 Å². The zero-order valence-electron chi connectivity index (χ0n) is 7.90. The Morgan fingerprint density at radius 1 is 1.21 bits per heavy atom. The molecule has 69 valence electrons. The molecule has 0 saturated carbocycles. The van der Waals surface area contributed by atoms with Crippen molar-refractivity contribution < 1.29 is 4.74 Å². The summed E-state index contributed by atoms with van der Waals surface area (Å²) in [4.78, 5) is 3.97. The lowest BCUT2D eigenvalue weighted by Crippen LogP contribution is -1.87. The van der Waals surface area contributed by atoms with E-state index >= 15 is 0 Å². The van der Waals surface area contributed by atoms with E-state index in [0.29, 0.717) is 0 Å². The average Bonchev–Trinajstić information content (AvgIpc) is 2.30. The molecule has 0 aliphatic carbocycles. The highest BCUT2D eigenvalue weighted by molar-refractivity contribution is 5.69. The molecule has 0 bridgehead atoms. The van der Waals surface area contributed by atoms with Gasteiger partial charge in [-0.2, -0.15) is 0 Å². The van der Waals surface area contributed by atoms with Gasteiger partial charge in [-0.25, -0.2) is 0 Å². The molecular formula is C12H10NO. The Hall–Kier alpha value is -1.83. The highest BCUT2D eigenvalue weighted by Gasteiger charge is 2.03. The Morgan fingerprint density at radius 2 is 2.00 bits per heavy atom. The lowest BCUT2D eigenvalue weighted by Gasteiger charge is -2.06. The fraction of sp³-hybridized carbons (Fsp3) is 0.0833. The third-order valence-electron chi connectivity index (χ3n) is 2.01. The van der Waals surface area contributed by atoms with Crippen molar-refractivity contribution in [2.24, 2.45) is 0 Å². The SMILES string of the molecule is COc1ccc[c]c1-c1ccncc1. The largest absolute Gasteiger partial charge is 0.496 e. The minimum atomic E-state index is 0.832. The van der Waals surface area contributed by atoms with Crippen molar-refractivity contribution in [3.05, 3.63) is 48.8 Å². The molecule has 2 heteroatoms. The minimum Gasteiger partial charge on any atom is -0.496 e.